The minimum Gasteiger partial charge on any atom is -0.288 e. The Hall–Kier alpha value is -0.150. The van der Waals surface area contributed by atoms with Crippen molar-refractivity contribution in [2.75, 3.05) is 0 Å². The van der Waals surface area contributed by atoms with Crippen LogP contribution in [0.15, 0.2) is 9.69 Å². The summed E-state index contributed by atoms with van der Waals surface area (Å²) in [4.78, 5) is 11.2. The summed E-state index contributed by atoms with van der Waals surface area (Å²) < 4.78 is 0.380. The van der Waals surface area contributed by atoms with Gasteiger partial charge >= 0.3 is 0 Å². The van der Waals surface area contributed by atoms with E-state index < -0.39 is 0 Å². The Morgan fingerprint density at radius 3 is 2.25 bits per heavy atom. The Labute approximate surface area is 57.5 Å². The molecule has 0 aliphatic carbocycles. The monoisotopic (exact) mass is 144 g/mol. The third-order valence-electron chi connectivity index (χ3n) is 1.12. The van der Waals surface area contributed by atoms with Crippen LogP contribution in [0.4, 0.5) is 0 Å². The molecule has 0 aliphatic rings. The minimum atomic E-state index is -0.0231. The standard InChI is InChI=1S/C5H4OS2/c1-2-3(6)5(8)4(2)7/h7H,1H3. The van der Waals surface area contributed by atoms with Gasteiger partial charge in [-0.1, -0.05) is 12.2 Å². The van der Waals surface area contributed by atoms with E-state index in [2.05, 4.69) is 24.8 Å². The Morgan fingerprint density at radius 1 is 1.62 bits per heavy atom. The van der Waals surface area contributed by atoms with E-state index >= 15 is 0 Å². The molecule has 0 fully saturated rings. The first kappa shape index (κ1) is 5.98. The summed E-state index contributed by atoms with van der Waals surface area (Å²) in [6, 6.07) is 0. The van der Waals surface area contributed by atoms with Crippen molar-refractivity contribution in [3.05, 3.63) is 20.3 Å². The summed E-state index contributed by atoms with van der Waals surface area (Å²) in [6.07, 6.45) is 0. The minimum absolute atomic E-state index is 0.0231. The average molecular weight is 144 g/mol. The summed E-state index contributed by atoms with van der Waals surface area (Å²) in [5, 5.41) is 0. The fraction of sp³-hybridized carbons (Fsp3) is 0.200. The van der Waals surface area contributed by atoms with Gasteiger partial charge in [-0.25, -0.2) is 0 Å². The van der Waals surface area contributed by atoms with Crippen LogP contribution in [0.1, 0.15) is 5.56 Å². The molecular weight excluding hydrogens is 140 g/mol. The highest BCUT2D eigenvalue weighted by atomic mass is 32.1. The second-order valence-corrected chi connectivity index (χ2v) is 2.49. The van der Waals surface area contributed by atoms with E-state index in [1.807, 2.05) is 0 Å². The van der Waals surface area contributed by atoms with Crippen LogP contribution in [0.5, 0.6) is 0 Å². The predicted octanol–water partition coefficient (Wildman–Crippen LogP) is 1.25. The SMILES string of the molecule is Cc1c(S)c(=S)c1=O. The first-order valence-electron chi connectivity index (χ1n) is 2.13. The molecule has 0 aromatic heterocycles. The molecule has 0 saturated carbocycles. The molecule has 0 bridgehead atoms. The second-order valence-electron chi connectivity index (χ2n) is 1.63. The molecule has 8 heavy (non-hydrogen) atoms. The zero-order valence-electron chi connectivity index (χ0n) is 4.26. The van der Waals surface area contributed by atoms with Crippen molar-refractivity contribution in [3.8, 4) is 0 Å². The van der Waals surface area contributed by atoms with Crippen molar-refractivity contribution in [3.63, 3.8) is 0 Å². The number of hydrogen-bond donors (Lipinski definition) is 1. The van der Waals surface area contributed by atoms with Crippen LogP contribution >= 0.6 is 24.8 Å². The van der Waals surface area contributed by atoms with Crippen LogP contribution in [0.3, 0.4) is 0 Å². The molecule has 0 aliphatic heterocycles. The zero-order valence-corrected chi connectivity index (χ0v) is 5.97. The van der Waals surface area contributed by atoms with Gasteiger partial charge in [0.1, 0.15) is 0 Å². The van der Waals surface area contributed by atoms with Crippen LogP contribution < -0.4 is 5.43 Å². The Balaban J connectivity index is 3.48. The molecule has 0 amide bonds. The molecule has 1 aromatic rings. The lowest BCUT2D eigenvalue weighted by Crippen LogP contribution is -2.12. The van der Waals surface area contributed by atoms with Gasteiger partial charge in [0.25, 0.3) is 0 Å². The number of thiol groups is 1. The lowest BCUT2D eigenvalue weighted by molar-refractivity contribution is 1.17. The van der Waals surface area contributed by atoms with Crippen molar-refractivity contribution in [2.24, 2.45) is 0 Å². The Kier molecular flexibility index (Phi) is 1.25. The summed E-state index contributed by atoms with van der Waals surface area (Å²) >= 11 is 8.57. The molecule has 0 N–H and O–H groups in total. The van der Waals surface area contributed by atoms with Crippen molar-refractivity contribution in [2.45, 2.75) is 11.8 Å². The third-order valence-corrected chi connectivity index (χ3v) is 2.22. The largest absolute Gasteiger partial charge is 0.288 e. The summed E-state index contributed by atoms with van der Waals surface area (Å²) in [7, 11) is 0. The molecule has 0 unspecified atom stereocenters. The van der Waals surface area contributed by atoms with E-state index in [1.54, 1.807) is 6.92 Å². The highest BCUT2D eigenvalue weighted by Crippen LogP contribution is 2.11. The fourth-order valence-electron chi connectivity index (χ4n) is 0.493. The number of hydrogen-bond acceptors (Lipinski definition) is 3. The van der Waals surface area contributed by atoms with Gasteiger partial charge in [0.15, 0.2) is 0 Å². The normalized spacial score (nSPS) is 10.2. The van der Waals surface area contributed by atoms with Gasteiger partial charge in [0.2, 0.25) is 5.43 Å². The quantitative estimate of drug-likeness (QED) is 0.436. The molecule has 1 aromatic carbocycles. The van der Waals surface area contributed by atoms with Crippen molar-refractivity contribution >= 4 is 24.8 Å². The Bertz CT molecular complexity index is 250. The van der Waals surface area contributed by atoms with Gasteiger partial charge in [-0.05, 0) is 6.92 Å². The second kappa shape index (κ2) is 1.67. The lowest BCUT2D eigenvalue weighted by Gasteiger charge is -1.97. The lowest BCUT2D eigenvalue weighted by atomic mass is 10.2. The molecule has 0 spiro atoms. The van der Waals surface area contributed by atoms with E-state index in [0.717, 1.165) is 0 Å². The first-order chi connectivity index (χ1) is 3.64. The maximum absolute atomic E-state index is 10.5. The highest BCUT2D eigenvalue weighted by molar-refractivity contribution is 7.81. The molecule has 1 rings (SSSR count). The molecule has 0 radical (unpaired) electrons. The van der Waals surface area contributed by atoms with E-state index in [4.69, 9.17) is 0 Å². The molecule has 42 valence electrons. The van der Waals surface area contributed by atoms with Crippen molar-refractivity contribution in [1.29, 1.82) is 0 Å². The first-order valence-corrected chi connectivity index (χ1v) is 2.99. The summed E-state index contributed by atoms with van der Waals surface area (Å²) in [5.74, 6) is 0. The molecule has 1 nitrogen and oxygen atoms in total. The summed E-state index contributed by atoms with van der Waals surface area (Å²) in [6.45, 7) is 1.72. The van der Waals surface area contributed by atoms with Gasteiger partial charge in [0.05, 0.1) is 4.51 Å². The molecule has 0 heterocycles. The zero-order chi connectivity index (χ0) is 6.31. The maximum atomic E-state index is 10.5. The topological polar surface area (TPSA) is 17.1 Å². The molecule has 0 saturated heterocycles. The van der Waals surface area contributed by atoms with Crippen LogP contribution in [0, 0.1) is 11.4 Å². The van der Waals surface area contributed by atoms with Crippen LogP contribution in [0.25, 0.3) is 0 Å². The van der Waals surface area contributed by atoms with Gasteiger partial charge in [-0.15, -0.1) is 12.6 Å². The molecular formula is C5H4OS2. The predicted molar refractivity (Wildman–Crippen MR) is 37.9 cm³/mol. The number of rotatable bonds is 0. The van der Waals surface area contributed by atoms with E-state index in [-0.39, 0.29) is 5.43 Å². The maximum Gasteiger partial charge on any atom is 0.201 e. The van der Waals surface area contributed by atoms with Gasteiger partial charge in [-0.3, -0.25) is 4.79 Å². The van der Waals surface area contributed by atoms with Crippen LogP contribution in [-0.2, 0) is 0 Å². The van der Waals surface area contributed by atoms with Gasteiger partial charge in [-0.2, -0.15) is 0 Å². The average Bonchev–Trinajstić information content (AvgIpc) is 1.83. The highest BCUT2D eigenvalue weighted by Gasteiger charge is 2.07. The van der Waals surface area contributed by atoms with Crippen molar-refractivity contribution in [1.82, 2.24) is 0 Å². The summed E-state index contributed by atoms with van der Waals surface area (Å²) in [5.41, 5.74) is 0.670. The van der Waals surface area contributed by atoms with E-state index in [0.29, 0.717) is 15.0 Å². The third kappa shape index (κ3) is 0.548. The Morgan fingerprint density at radius 2 is 2.12 bits per heavy atom. The van der Waals surface area contributed by atoms with Crippen LogP contribution in [0.2, 0.25) is 0 Å². The van der Waals surface area contributed by atoms with Gasteiger partial charge in [0, 0.05) is 10.5 Å². The van der Waals surface area contributed by atoms with E-state index in [1.165, 1.54) is 0 Å². The van der Waals surface area contributed by atoms with E-state index in [9.17, 15) is 4.79 Å². The molecule has 0 atom stereocenters. The fourth-order valence-corrected chi connectivity index (χ4v) is 1.00. The van der Waals surface area contributed by atoms with Crippen LogP contribution in [-0.4, -0.2) is 0 Å². The van der Waals surface area contributed by atoms with Gasteiger partial charge < -0.3 is 0 Å². The smallest absolute Gasteiger partial charge is 0.201 e. The van der Waals surface area contributed by atoms with Crippen molar-refractivity contribution < 1.29 is 0 Å². The molecule has 3 heteroatoms.